The van der Waals surface area contributed by atoms with Gasteiger partial charge < -0.3 is 24.3 Å². The number of benzene rings is 2. The number of ether oxygens (including phenoxy) is 4. The SMILES string of the molecule is COc1ccc(C(=O)NCc2cc3c(cc2C)OCCO3)cc1OC. The molecule has 0 saturated heterocycles. The maximum atomic E-state index is 12.4. The second-order valence-electron chi connectivity index (χ2n) is 5.67. The molecular weight excluding hydrogens is 322 g/mol. The summed E-state index contributed by atoms with van der Waals surface area (Å²) in [5.74, 6) is 2.38. The molecule has 2 aromatic rings. The Morgan fingerprint density at radius 3 is 2.40 bits per heavy atom. The van der Waals surface area contributed by atoms with E-state index in [0.29, 0.717) is 42.6 Å². The monoisotopic (exact) mass is 343 g/mol. The van der Waals surface area contributed by atoms with Gasteiger partial charge in [0.25, 0.3) is 5.91 Å². The van der Waals surface area contributed by atoms with E-state index >= 15 is 0 Å². The standard InChI is InChI=1S/C19H21NO5/c1-12-8-17-18(25-7-6-24-17)10-14(12)11-20-19(21)13-4-5-15(22-2)16(9-13)23-3/h4-5,8-10H,6-7,11H2,1-3H3,(H,20,21). The largest absolute Gasteiger partial charge is 0.493 e. The number of aryl methyl sites for hydroxylation is 1. The molecular formula is C19H21NO5. The predicted octanol–water partition coefficient (Wildman–Crippen LogP) is 2.71. The second kappa shape index (κ2) is 7.34. The van der Waals surface area contributed by atoms with Crippen molar-refractivity contribution >= 4 is 5.91 Å². The summed E-state index contributed by atoms with van der Waals surface area (Å²) in [5, 5.41) is 2.92. The van der Waals surface area contributed by atoms with E-state index in [1.54, 1.807) is 25.3 Å². The Labute approximate surface area is 146 Å². The molecule has 6 heteroatoms. The minimum absolute atomic E-state index is 0.185. The van der Waals surface area contributed by atoms with Gasteiger partial charge >= 0.3 is 0 Å². The highest BCUT2D eigenvalue weighted by atomic mass is 16.6. The third kappa shape index (κ3) is 3.63. The highest BCUT2D eigenvalue weighted by Crippen LogP contribution is 2.33. The smallest absolute Gasteiger partial charge is 0.251 e. The van der Waals surface area contributed by atoms with Crippen molar-refractivity contribution in [2.75, 3.05) is 27.4 Å². The van der Waals surface area contributed by atoms with Crippen LogP contribution in [-0.2, 0) is 6.54 Å². The number of fused-ring (bicyclic) bond motifs is 1. The fourth-order valence-electron chi connectivity index (χ4n) is 2.68. The lowest BCUT2D eigenvalue weighted by Gasteiger charge is -2.20. The molecule has 0 spiro atoms. The number of methoxy groups -OCH3 is 2. The van der Waals surface area contributed by atoms with E-state index in [0.717, 1.165) is 16.9 Å². The molecule has 1 aliphatic heterocycles. The fraction of sp³-hybridized carbons (Fsp3) is 0.316. The van der Waals surface area contributed by atoms with Crippen molar-refractivity contribution in [1.82, 2.24) is 5.32 Å². The average Bonchev–Trinajstić information content (AvgIpc) is 2.65. The molecule has 1 aliphatic rings. The second-order valence-corrected chi connectivity index (χ2v) is 5.67. The van der Waals surface area contributed by atoms with Crippen LogP contribution >= 0.6 is 0 Å². The number of hydrogen-bond donors (Lipinski definition) is 1. The summed E-state index contributed by atoms with van der Waals surface area (Å²) < 4.78 is 21.6. The van der Waals surface area contributed by atoms with Crippen LogP contribution in [0, 0.1) is 6.92 Å². The summed E-state index contributed by atoms with van der Waals surface area (Å²) >= 11 is 0. The summed E-state index contributed by atoms with van der Waals surface area (Å²) in [4.78, 5) is 12.4. The number of carbonyl (C=O) groups excluding carboxylic acids is 1. The highest BCUT2D eigenvalue weighted by molar-refractivity contribution is 5.94. The number of rotatable bonds is 5. The quantitative estimate of drug-likeness (QED) is 0.904. The van der Waals surface area contributed by atoms with Gasteiger partial charge in [0.2, 0.25) is 0 Å². The van der Waals surface area contributed by atoms with E-state index in [9.17, 15) is 4.79 Å². The molecule has 0 radical (unpaired) electrons. The molecule has 1 N–H and O–H groups in total. The van der Waals surface area contributed by atoms with Crippen LogP contribution in [0.15, 0.2) is 30.3 Å². The Bertz CT molecular complexity index is 788. The zero-order valence-electron chi connectivity index (χ0n) is 14.5. The molecule has 0 atom stereocenters. The molecule has 0 bridgehead atoms. The Balaban J connectivity index is 1.72. The number of carbonyl (C=O) groups is 1. The third-order valence-electron chi connectivity index (χ3n) is 4.09. The maximum Gasteiger partial charge on any atom is 0.251 e. The Kier molecular flexibility index (Phi) is 4.97. The molecule has 0 aromatic heterocycles. The predicted molar refractivity (Wildman–Crippen MR) is 92.9 cm³/mol. The van der Waals surface area contributed by atoms with Crippen LogP contribution in [-0.4, -0.2) is 33.3 Å². The van der Waals surface area contributed by atoms with Crippen molar-refractivity contribution < 1.29 is 23.7 Å². The normalized spacial score (nSPS) is 12.4. The molecule has 1 amide bonds. The van der Waals surface area contributed by atoms with Crippen molar-refractivity contribution in [2.24, 2.45) is 0 Å². The topological polar surface area (TPSA) is 66.0 Å². The molecule has 0 unspecified atom stereocenters. The first kappa shape index (κ1) is 17.0. The zero-order valence-corrected chi connectivity index (χ0v) is 14.5. The molecule has 1 heterocycles. The van der Waals surface area contributed by atoms with E-state index < -0.39 is 0 Å². The van der Waals surface area contributed by atoms with E-state index in [4.69, 9.17) is 18.9 Å². The van der Waals surface area contributed by atoms with Gasteiger partial charge in [0, 0.05) is 12.1 Å². The van der Waals surface area contributed by atoms with Crippen LogP contribution < -0.4 is 24.3 Å². The van der Waals surface area contributed by atoms with E-state index in [-0.39, 0.29) is 5.91 Å². The molecule has 0 fully saturated rings. The van der Waals surface area contributed by atoms with Crippen LogP contribution in [0.3, 0.4) is 0 Å². The van der Waals surface area contributed by atoms with Crippen molar-refractivity contribution in [1.29, 1.82) is 0 Å². The van der Waals surface area contributed by atoms with Crippen molar-refractivity contribution in [2.45, 2.75) is 13.5 Å². The molecule has 25 heavy (non-hydrogen) atoms. The van der Waals surface area contributed by atoms with Gasteiger partial charge in [-0.1, -0.05) is 0 Å². The lowest BCUT2D eigenvalue weighted by atomic mass is 10.1. The summed E-state index contributed by atoms with van der Waals surface area (Å²) in [6.07, 6.45) is 0. The molecule has 3 rings (SSSR count). The minimum atomic E-state index is -0.185. The Morgan fingerprint density at radius 2 is 1.72 bits per heavy atom. The van der Waals surface area contributed by atoms with E-state index in [1.165, 1.54) is 7.11 Å². The maximum absolute atomic E-state index is 12.4. The van der Waals surface area contributed by atoms with E-state index in [1.807, 2.05) is 19.1 Å². The van der Waals surface area contributed by atoms with Gasteiger partial charge in [-0.15, -0.1) is 0 Å². The van der Waals surface area contributed by atoms with Gasteiger partial charge in [-0.3, -0.25) is 4.79 Å². The first-order valence-corrected chi connectivity index (χ1v) is 8.01. The number of nitrogens with one attached hydrogen (secondary N) is 1. The lowest BCUT2D eigenvalue weighted by molar-refractivity contribution is 0.0950. The van der Waals surface area contributed by atoms with Crippen molar-refractivity contribution in [3.05, 3.63) is 47.0 Å². The average molecular weight is 343 g/mol. The highest BCUT2D eigenvalue weighted by Gasteiger charge is 2.15. The molecule has 0 saturated carbocycles. The first-order chi connectivity index (χ1) is 12.1. The Hall–Kier alpha value is -2.89. The van der Waals surface area contributed by atoms with E-state index in [2.05, 4.69) is 5.32 Å². The first-order valence-electron chi connectivity index (χ1n) is 8.01. The summed E-state index contributed by atoms with van der Waals surface area (Å²) in [6.45, 7) is 3.47. The van der Waals surface area contributed by atoms with Gasteiger partial charge in [-0.2, -0.15) is 0 Å². The van der Waals surface area contributed by atoms with Gasteiger partial charge in [0.05, 0.1) is 14.2 Å². The Morgan fingerprint density at radius 1 is 1.04 bits per heavy atom. The summed E-state index contributed by atoms with van der Waals surface area (Å²) in [5.41, 5.74) is 2.53. The van der Waals surface area contributed by atoms with Crippen LogP contribution in [0.1, 0.15) is 21.5 Å². The third-order valence-corrected chi connectivity index (χ3v) is 4.09. The van der Waals surface area contributed by atoms with Crippen molar-refractivity contribution in [3.63, 3.8) is 0 Å². The number of amides is 1. The number of hydrogen-bond acceptors (Lipinski definition) is 5. The fourth-order valence-corrected chi connectivity index (χ4v) is 2.68. The van der Waals surface area contributed by atoms with Crippen LogP contribution in [0.2, 0.25) is 0 Å². The van der Waals surface area contributed by atoms with Gasteiger partial charge in [-0.25, -0.2) is 0 Å². The molecule has 0 aliphatic carbocycles. The minimum Gasteiger partial charge on any atom is -0.493 e. The molecule has 6 nitrogen and oxygen atoms in total. The molecule has 2 aromatic carbocycles. The summed E-state index contributed by atoms with van der Waals surface area (Å²) in [6, 6.07) is 8.92. The van der Waals surface area contributed by atoms with Crippen molar-refractivity contribution in [3.8, 4) is 23.0 Å². The lowest BCUT2D eigenvalue weighted by Crippen LogP contribution is -2.23. The zero-order chi connectivity index (χ0) is 17.8. The van der Waals surface area contributed by atoms with Crippen LogP contribution in [0.4, 0.5) is 0 Å². The molecule has 132 valence electrons. The van der Waals surface area contributed by atoms with Gasteiger partial charge in [-0.05, 0) is 48.4 Å². The van der Waals surface area contributed by atoms with Gasteiger partial charge in [0.15, 0.2) is 23.0 Å². The van der Waals surface area contributed by atoms with Gasteiger partial charge in [0.1, 0.15) is 13.2 Å². The van der Waals surface area contributed by atoms with Crippen LogP contribution in [0.5, 0.6) is 23.0 Å². The van der Waals surface area contributed by atoms with Crippen LogP contribution in [0.25, 0.3) is 0 Å². The summed E-state index contributed by atoms with van der Waals surface area (Å²) in [7, 11) is 3.10.